The smallest absolute Gasteiger partial charge is 0.268 e. The monoisotopic (exact) mass is 1220 g/mol. The first-order chi connectivity index (χ1) is 40.3. The molecule has 0 aliphatic heterocycles. The highest BCUT2D eigenvalue weighted by atomic mass is 32.2. The largest absolute Gasteiger partial charge is 0.361 e. The third-order valence-corrected chi connectivity index (χ3v) is 23.1. The van der Waals surface area contributed by atoms with Crippen LogP contribution in [-0.2, 0) is 53.8 Å². The molecule has 0 saturated carbocycles. The van der Waals surface area contributed by atoms with Gasteiger partial charge in [-0.05, 0) is 188 Å². The molecule has 0 bridgehead atoms. The summed E-state index contributed by atoms with van der Waals surface area (Å²) in [6.45, 7) is 36.4. The number of hydrogen-bond donors (Lipinski definition) is 0. The lowest BCUT2D eigenvalue weighted by molar-refractivity contribution is 0.0862. The molecule has 0 N–H and O–H groups in total. The van der Waals surface area contributed by atoms with Crippen molar-refractivity contribution in [1.82, 2.24) is 27.0 Å². The van der Waals surface area contributed by atoms with Crippen molar-refractivity contribution in [3.63, 3.8) is 0 Å². The number of aryl methyl sites for hydroxylation is 6. The van der Waals surface area contributed by atoms with Crippen molar-refractivity contribution in [3.8, 4) is 12.1 Å². The van der Waals surface area contributed by atoms with Gasteiger partial charge in [0.25, 0.3) is 20.0 Å². The van der Waals surface area contributed by atoms with Crippen LogP contribution in [0.1, 0.15) is 95.0 Å². The number of ether oxygens (including phenoxy) is 2. The number of benzene rings is 6. The molecule has 0 atom stereocenters. The summed E-state index contributed by atoms with van der Waals surface area (Å²) in [5, 5.41) is 20.9. The Labute approximate surface area is 509 Å². The van der Waals surface area contributed by atoms with E-state index in [1.807, 2.05) is 94.4 Å². The second-order valence-electron chi connectivity index (χ2n) is 26.5. The van der Waals surface area contributed by atoms with Crippen LogP contribution in [-0.4, -0.2) is 73.2 Å². The highest BCUT2D eigenvalue weighted by Crippen LogP contribution is 2.44. The van der Waals surface area contributed by atoms with Crippen molar-refractivity contribution in [2.45, 2.75) is 155 Å². The van der Waals surface area contributed by atoms with Crippen LogP contribution in [0, 0.1) is 64.2 Å². The summed E-state index contributed by atoms with van der Waals surface area (Å²) in [4.78, 5) is 10.7. The molecular formula is C68H80N8O6S2Si2. The molecular weight excluding hydrogens is 1150 g/mol. The maximum absolute atomic E-state index is 13.8. The van der Waals surface area contributed by atoms with Crippen LogP contribution in [0.5, 0.6) is 0 Å². The van der Waals surface area contributed by atoms with Crippen LogP contribution in [0.2, 0.25) is 51.4 Å². The van der Waals surface area contributed by atoms with Crippen LogP contribution < -0.4 is 0 Å². The zero-order valence-electron chi connectivity index (χ0n) is 52.6. The Hall–Kier alpha value is -7.43. The molecule has 4 heterocycles. The van der Waals surface area contributed by atoms with Gasteiger partial charge >= 0.3 is 0 Å². The van der Waals surface area contributed by atoms with E-state index in [2.05, 4.69) is 114 Å². The number of aromatic nitrogens is 6. The molecule has 10 aromatic rings. The zero-order valence-corrected chi connectivity index (χ0v) is 56.3. The zero-order chi connectivity index (χ0) is 62.6. The normalized spacial score (nSPS) is 12.7. The van der Waals surface area contributed by atoms with Crippen molar-refractivity contribution in [1.29, 1.82) is 10.5 Å². The van der Waals surface area contributed by atoms with Gasteiger partial charge in [0.15, 0.2) is 0 Å². The van der Waals surface area contributed by atoms with Gasteiger partial charge < -0.3 is 18.6 Å². The summed E-state index contributed by atoms with van der Waals surface area (Å²) in [5.74, 6) is 1.60. The van der Waals surface area contributed by atoms with Crippen molar-refractivity contribution >= 4 is 80.1 Å². The maximum Gasteiger partial charge on any atom is 0.268 e. The standard InChI is InChI=1S/2C34H40N4O3SSi/c1-23-9-12-27(13-10-23)42(39,40)38-16-15-28-31(24(2)19-25(3)32(28)38)34(4,5)33-36-29-20-26(21-35)11-14-30(29)37(33)22-41-17-18-43(6,7)8;1-23-9-12-27(13-10-23)42(39,40)38-16-15-28-31(24(2)19-25(3)32(28)38)34(4,5)33-36-29-14-11-26(21-35)20-30(29)37(33)22-41-17-18-43(6,7)8/h2*9-16,19-20H,17-18,22H2,1-8H3. The fraction of sp³-hybridized carbons (Fsp3) is 0.353. The number of rotatable bonds is 18. The van der Waals surface area contributed by atoms with Crippen LogP contribution in [0.15, 0.2) is 131 Å². The highest BCUT2D eigenvalue weighted by molar-refractivity contribution is 7.90. The molecule has 0 amide bonds. The van der Waals surface area contributed by atoms with Crippen molar-refractivity contribution in [2.75, 3.05) is 13.2 Å². The number of fused-ring (bicyclic) bond motifs is 4. The number of nitrogens with zero attached hydrogens (tertiary/aromatic N) is 8. The molecule has 0 spiro atoms. The number of nitriles is 2. The van der Waals surface area contributed by atoms with Gasteiger partial charge in [-0.25, -0.2) is 34.7 Å². The number of hydrogen-bond acceptors (Lipinski definition) is 10. The average molecular weight is 1230 g/mol. The minimum absolute atomic E-state index is 0.252. The molecule has 0 unspecified atom stereocenters. The van der Waals surface area contributed by atoms with E-state index in [1.165, 1.54) is 7.94 Å². The SMILES string of the molecule is Cc1ccc(S(=O)(=O)n2ccc3c(C(C)(C)c4nc5cc(C#N)ccc5n4COCC[Si](C)(C)C)c(C)cc(C)c32)cc1.Cc1ccc(S(=O)(=O)n2ccc3c(C(C)(C)c4nc5ccc(C#N)cc5n4COCC[Si](C)(C)C)c(C)cc(C)c32)cc1. The summed E-state index contributed by atoms with van der Waals surface area (Å²) in [6.07, 6.45) is 3.32. The van der Waals surface area contributed by atoms with Gasteiger partial charge in [0.1, 0.15) is 25.1 Å². The van der Waals surface area contributed by atoms with Crippen LogP contribution >= 0.6 is 0 Å². The Kier molecular flexibility index (Phi) is 17.4. The summed E-state index contributed by atoms with van der Waals surface area (Å²) in [7, 11) is -10.2. The Morgan fingerprint density at radius 2 is 0.884 bits per heavy atom. The minimum Gasteiger partial charge on any atom is -0.361 e. The van der Waals surface area contributed by atoms with E-state index in [-0.39, 0.29) is 9.79 Å². The lowest BCUT2D eigenvalue weighted by Crippen LogP contribution is -2.27. The summed E-state index contributed by atoms with van der Waals surface area (Å²) in [5.41, 5.74) is 12.3. The van der Waals surface area contributed by atoms with Gasteiger partial charge in [-0.15, -0.1) is 0 Å². The lowest BCUT2D eigenvalue weighted by atomic mass is 9.78. The first kappa shape index (κ1) is 63.1. The Morgan fingerprint density at radius 1 is 0.488 bits per heavy atom. The van der Waals surface area contributed by atoms with Crippen molar-refractivity contribution in [3.05, 3.63) is 189 Å². The molecule has 6 aromatic carbocycles. The van der Waals surface area contributed by atoms with E-state index in [9.17, 15) is 27.4 Å². The van der Waals surface area contributed by atoms with Gasteiger partial charge in [-0.2, -0.15) is 10.5 Å². The summed E-state index contributed by atoms with van der Waals surface area (Å²) < 4.78 is 74.8. The average Bonchev–Trinajstić information content (AvgIpc) is 1.54. The predicted octanol–water partition coefficient (Wildman–Crippen LogP) is 15.3. The van der Waals surface area contributed by atoms with Gasteiger partial charge in [-0.3, -0.25) is 0 Å². The minimum atomic E-state index is -3.82. The molecule has 10 rings (SSSR count). The molecule has 0 fully saturated rings. The highest BCUT2D eigenvalue weighted by Gasteiger charge is 2.37. The third-order valence-electron chi connectivity index (χ3n) is 16.4. The first-order valence-corrected chi connectivity index (χ1v) is 39.4. The van der Waals surface area contributed by atoms with Crippen LogP contribution in [0.3, 0.4) is 0 Å². The second-order valence-corrected chi connectivity index (χ2v) is 41.3. The molecule has 18 heteroatoms. The fourth-order valence-corrected chi connectivity index (χ4v) is 16.3. The van der Waals surface area contributed by atoms with Crippen LogP contribution in [0.25, 0.3) is 43.9 Å². The molecule has 86 heavy (non-hydrogen) atoms. The molecule has 4 aromatic heterocycles. The van der Waals surface area contributed by atoms with Crippen molar-refractivity contribution < 1.29 is 26.3 Å². The van der Waals surface area contributed by atoms with E-state index in [4.69, 9.17) is 19.4 Å². The topological polar surface area (TPSA) is 180 Å². The first-order valence-electron chi connectivity index (χ1n) is 29.2. The van der Waals surface area contributed by atoms with Gasteiger partial charge in [0.2, 0.25) is 0 Å². The fourth-order valence-electron chi connectivity index (χ4n) is 12.0. The quantitative estimate of drug-likeness (QED) is 0.0592. The van der Waals surface area contributed by atoms with Gasteiger partial charge in [0, 0.05) is 63.4 Å². The third kappa shape index (κ3) is 12.3. The summed E-state index contributed by atoms with van der Waals surface area (Å²) in [6, 6.07) is 39.5. The van der Waals surface area contributed by atoms with E-state index in [0.717, 1.165) is 101 Å². The van der Waals surface area contributed by atoms with Crippen LogP contribution in [0.4, 0.5) is 0 Å². The molecule has 0 aliphatic carbocycles. The van der Waals surface area contributed by atoms with E-state index >= 15 is 0 Å². The van der Waals surface area contributed by atoms with E-state index in [1.54, 1.807) is 42.7 Å². The maximum atomic E-state index is 13.8. The van der Waals surface area contributed by atoms with E-state index in [0.29, 0.717) is 48.8 Å². The Bertz CT molecular complexity index is 4390. The molecule has 0 aliphatic rings. The van der Waals surface area contributed by atoms with Gasteiger partial charge in [0.05, 0.1) is 66.2 Å². The van der Waals surface area contributed by atoms with E-state index < -0.39 is 47.0 Å². The Morgan fingerprint density at radius 3 is 1.30 bits per heavy atom. The molecule has 448 valence electrons. The second kappa shape index (κ2) is 23.7. The lowest BCUT2D eigenvalue weighted by Gasteiger charge is -2.29. The molecule has 0 saturated heterocycles. The predicted molar refractivity (Wildman–Crippen MR) is 352 cm³/mol. The Balaban J connectivity index is 0.000000205. The van der Waals surface area contributed by atoms with Gasteiger partial charge in [-0.1, -0.05) is 86.8 Å². The molecule has 0 radical (unpaired) electrons. The van der Waals surface area contributed by atoms with Crippen molar-refractivity contribution in [2.24, 2.45) is 0 Å². The number of imidazole rings is 2. The molecule has 14 nitrogen and oxygen atoms in total. The summed E-state index contributed by atoms with van der Waals surface area (Å²) >= 11 is 0.